The molecular formula is C18H23N3Na2O2S. The van der Waals surface area contributed by atoms with Gasteiger partial charge in [-0.25, -0.2) is 8.42 Å². The maximum absolute atomic E-state index is 12.0. The van der Waals surface area contributed by atoms with Crippen LogP contribution in [-0.4, -0.2) is 34.6 Å². The summed E-state index contributed by atoms with van der Waals surface area (Å²) in [5.74, 6) is 0. The molecule has 0 amide bonds. The van der Waals surface area contributed by atoms with Gasteiger partial charge in [0.25, 0.3) is 0 Å². The zero-order valence-electron chi connectivity index (χ0n) is 15.9. The summed E-state index contributed by atoms with van der Waals surface area (Å²) >= 11 is 0. The zero-order valence-corrected chi connectivity index (χ0v) is 20.7. The Morgan fingerprint density at radius 2 is 1.54 bits per heavy atom. The van der Waals surface area contributed by atoms with Gasteiger partial charge in [-0.1, -0.05) is 48.0 Å². The standard InChI is InChI=1S/C18H23N3O2S.2Na/c1-16-7-9-18(10-8-16)24(22,23)21-14-13-19-11-12-20-15-17-5-3-2-4-6-17;;/h2-10,20H,11-15H2,1H3;;/q-2;2*+1. The zero-order chi connectivity index (χ0) is 17.3. The van der Waals surface area contributed by atoms with E-state index in [1.807, 2.05) is 25.1 Å². The van der Waals surface area contributed by atoms with E-state index < -0.39 is 10.0 Å². The average molecular weight is 391 g/mol. The van der Waals surface area contributed by atoms with Crippen molar-refractivity contribution in [3.05, 3.63) is 75.8 Å². The number of rotatable bonds is 10. The van der Waals surface area contributed by atoms with Gasteiger partial charge in [0.2, 0.25) is 0 Å². The van der Waals surface area contributed by atoms with E-state index in [-0.39, 0.29) is 70.6 Å². The quantitative estimate of drug-likeness (QED) is 0.352. The maximum atomic E-state index is 12.0. The second-order valence-electron chi connectivity index (χ2n) is 5.47. The van der Waals surface area contributed by atoms with Gasteiger partial charge in [-0.15, -0.1) is 6.54 Å². The van der Waals surface area contributed by atoms with Gasteiger partial charge in [0.15, 0.2) is 0 Å². The van der Waals surface area contributed by atoms with Gasteiger partial charge in [0.1, 0.15) is 10.0 Å². The minimum atomic E-state index is -3.56. The van der Waals surface area contributed by atoms with Gasteiger partial charge in [0.05, 0.1) is 0 Å². The van der Waals surface area contributed by atoms with Crippen molar-refractivity contribution in [2.75, 3.05) is 26.2 Å². The Bertz CT molecular complexity index is 711. The van der Waals surface area contributed by atoms with Crippen LogP contribution in [0.2, 0.25) is 0 Å². The molecule has 5 nitrogen and oxygen atoms in total. The number of hydrogen-bond donors (Lipinski definition) is 1. The summed E-state index contributed by atoms with van der Waals surface area (Å²) < 4.78 is 27.8. The van der Waals surface area contributed by atoms with Gasteiger partial charge in [-0.2, -0.15) is 13.1 Å². The van der Waals surface area contributed by atoms with Gasteiger partial charge in [-0.05, 0) is 31.2 Å². The monoisotopic (exact) mass is 391 g/mol. The van der Waals surface area contributed by atoms with Crippen LogP contribution in [0, 0.1) is 6.92 Å². The number of hydrogen-bond acceptors (Lipinski definition) is 3. The van der Waals surface area contributed by atoms with Crippen LogP contribution in [0.15, 0.2) is 59.5 Å². The smallest absolute Gasteiger partial charge is 0.663 e. The molecule has 0 unspecified atom stereocenters. The van der Waals surface area contributed by atoms with E-state index in [1.165, 1.54) is 5.56 Å². The van der Waals surface area contributed by atoms with Crippen molar-refractivity contribution in [1.29, 1.82) is 0 Å². The Kier molecular flexibility index (Phi) is 14.4. The Balaban J connectivity index is 0.00000312. The number of nitrogens with zero attached hydrogens (tertiary/aromatic N) is 2. The van der Waals surface area contributed by atoms with E-state index >= 15 is 0 Å². The largest absolute Gasteiger partial charge is 1.00 e. The first-order valence-electron chi connectivity index (χ1n) is 7.96. The molecule has 2 aromatic rings. The number of sulfonamides is 1. The van der Waals surface area contributed by atoms with Crippen molar-refractivity contribution in [2.45, 2.75) is 18.4 Å². The van der Waals surface area contributed by atoms with Gasteiger partial charge < -0.3 is 15.4 Å². The molecule has 0 spiro atoms. The normalized spacial score (nSPS) is 10.7. The fourth-order valence-corrected chi connectivity index (χ4v) is 3.07. The Labute approximate surface area is 201 Å². The van der Waals surface area contributed by atoms with Crippen LogP contribution < -0.4 is 64.4 Å². The number of benzene rings is 2. The predicted octanol–water partition coefficient (Wildman–Crippen LogP) is -2.77. The summed E-state index contributed by atoms with van der Waals surface area (Å²) in [6, 6.07) is 16.9. The van der Waals surface area contributed by atoms with Crippen LogP contribution in [-0.2, 0) is 16.6 Å². The van der Waals surface area contributed by atoms with Crippen LogP contribution in [0.4, 0.5) is 0 Å². The molecule has 0 saturated heterocycles. The molecular weight excluding hydrogens is 368 g/mol. The van der Waals surface area contributed by atoms with Gasteiger partial charge >= 0.3 is 59.1 Å². The van der Waals surface area contributed by atoms with Crippen LogP contribution in [0.1, 0.15) is 11.1 Å². The summed E-state index contributed by atoms with van der Waals surface area (Å²) in [6.07, 6.45) is 0. The molecule has 130 valence electrons. The molecule has 0 atom stereocenters. The summed E-state index contributed by atoms with van der Waals surface area (Å²) in [6.45, 7) is 4.74. The topological polar surface area (TPSA) is 74.4 Å². The summed E-state index contributed by atoms with van der Waals surface area (Å²) in [4.78, 5) is 0.234. The second-order valence-corrected chi connectivity index (χ2v) is 7.15. The molecule has 26 heavy (non-hydrogen) atoms. The molecule has 0 aliphatic rings. The first kappa shape index (κ1) is 26.3. The van der Waals surface area contributed by atoms with Gasteiger partial charge in [0, 0.05) is 11.4 Å². The number of aryl methyl sites for hydroxylation is 1. The van der Waals surface area contributed by atoms with E-state index in [0.29, 0.717) is 13.1 Å². The van der Waals surface area contributed by atoms with Gasteiger partial charge in [-0.3, -0.25) is 0 Å². The molecule has 0 saturated carbocycles. The minimum Gasteiger partial charge on any atom is -0.663 e. The molecule has 8 heteroatoms. The van der Waals surface area contributed by atoms with Crippen molar-refractivity contribution < 1.29 is 67.5 Å². The molecule has 0 aliphatic carbocycles. The predicted molar refractivity (Wildman–Crippen MR) is 97.8 cm³/mol. The fraction of sp³-hybridized carbons (Fsp3) is 0.333. The van der Waals surface area contributed by atoms with E-state index in [4.69, 9.17) is 0 Å². The third-order valence-electron chi connectivity index (χ3n) is 3.46. The van der Waals surface area contributed by atoms with Crippen molar-refractivity contribution >= 4 is 10.0 Å². The van der Waals surface area contributed by atoms with Crippen molar-refractivity contribution in [1.82, 2.24) is 5.32 Å². The average Bonchev–Trinajstić information content (AvgIpc) is 2.58. The van der Waals surface area contributed by atoms with E-state index in [0.717, 1.165) is 18.7 Å². The first-order valence-corrected chi connectivity index (χ1v) is 9.40. The first-order chi connectivity index (χ1) is 11.6. The summed E-state index contributed by atoms with van der Waals surface area (Å²) in [5, 5.41) is 7.59. The van der Waals surface area contributed by atoms with Crippen LogP contribution in [0.25, 0.3) is 10.0 Å². The molecule has 0 heterocycles. The van der Waals surface area contributed by atoms with Crippen LogP contribution in [0.5, 0.6) is 0 Å². The molecule has 1 N–H and O–H groups in total. The Hall–Kier alpha value is 0.270. The van der Waals surface area contributed by atoms with E-state index in [9.17, 15) is 8.42 Å². The molecule has 0 bridgehead atoms. The summed E-state index contributed by atoms with van der Waals surface area (Å²) in [7, 11) is -3.56. The molecule has 0 aromatic heterocycles. The molecule has 2 rings (SSSR count). The van der Waals surface area contributed by atoms with Crippen molar-refractivity contribution in [2.24, 2.45) is 0 Å². The molecule has 0 aliphatic heterocycles. The van der Waals surface area contributed by atoms with E-state index in [1.54, 1.807) is 24.3 Å². The summed E-state index contributed by atoms with van der Waals surface area (Å²) in [5.41, 5.74) is 2.25. The Morgan fingerprint density at radius 1 is 0.885 bits per heavy atom. The second kappa shape index (κ2) is 14.3. The third-order valence-corrected chi connectivity index (χ3v) is 4.85. The molecule has 0 radical (unpaired) electrons. The van der Waals surface area contributed by atoms with Crippen molar-refractivity contribution in [3.8, 4) is 0 Å². The SMILES string of the molecule is Cc1ccc(S(=O)(=O)[N-]CC[N-]CCNCc2ccccc2)cc1.[Na+].[Na+]. The molecule has 0 fully saturated rings. The Morgan fingerprint density at radius 3 is 2.19 bits per heavy atom. The minimum absolute atomic E-state index is 0. The fourth-order valence-electron chi connectivity index (χ4n) is 2.11. The van der Waals surface area contributed by atoms with Crippen molar-refractivity contribution in [3.63, 3.8) is 0 Å². The van der Waals surface area contributed by atoms with E-state index in [2.05, 4.69) is 27.5 Å². The van der Waals surface area contributed by atoms with Crippen LogP contribution >= 0.6 is 0 Å². The number of nitrogens with one attached hydrogen (secondary N) is 1. The van der Waals surface area contributed by atoms with Crippen LogP contribution in [0.3, 0.4) is 0 Å². The maximum Gasteiger partial charge on any atom is 1.00 e. The molecule has 2 aromatic carbocycles. The third kappa shape index (κ3) is 9.99.